The van der Waals surface area contributed by atoms with E-state index in [9.17, 15) is 0 Å². The van der Waals surface area contributed by atoms with Crippen molar-refractivity contribution in [1.82, 2.24) is 5.32 Å². The summed E-state index contributed by atoms with van der Waals surface area (Å²) < 4.78 is 11.5. The summed E-state index contributed by atoms with van der Waals surface area (Å²) in [5, 5.41) is 3.70. The molecule has 1 aliphatic carbocycles. The van der Waals surface area contributed by atoms with Crippen LogP contribution in [0.15, 0.2) is 0 Å². The van der Waals surface area contributed by atoms with Crippen LogP contribution >= 0.6 is 0 Å². The molecule has 0 aromatic rings. The van der Waals surface area contributed by atoms with Crippen LogP contribution in [0.2, 0.25) is 0 Å². The van der Waals surface area contributed by atoms with Gasteiger partial charge in [-0.1, -0.05) is 26.2 Å². The molecule has 100 valence electrons. The van der Waals surface area contributed by atoms with Gasteiger partial charge in [0.1, 0.15) is 0 Å². The van der Waals surface area contributed by atoms with Gasteiger partial charge < -0.3 is 14.8 Å². The molecule has 2 atom stereocenters. The summed E-state index contributed by atoms with van der Waals surface area (Å²) in [4.78, 5) is 0. The average molecular weight is 241 g/mol. The van der Waals surface area contributed by atoms with Crippen LogP contribution in [0, 0.1) is 5.92 Å². The van der Waals surface area contributed by atoms with E-state index in [1.807, 2.05) is 0 Å². The Morgan fingerprint density at radius 3 is 2.65 bits per heavy atom. The minimum Gasteiger partial charge on any atom is -0.376 e. The zero-order chi connectivity index (χ0) is 11.9. The second kappa shape index (κ2) is 7.34. The lowest BCUT2D eigenvalue weighted by molar-refractivity contribution is -0.110. The SMILES string of the molecule is CCCNC(C1CCCCC1)C1COCCO1. The molecule has 17 heavy (non-hydrogen) atoms. The first-order valence-electron chi connectivity index (χ1n) is 7.34. The van der Waals surface area contributed by atoms with Crippen LogP contribution in [0.1, 0.15) is 45.4 Å². The van der Waals surface area contributed by atoms with Crippen molar-refractivity contribution in [3.63, 3.8) is 0 Å². The molecule has 1 saturated heterocycles. The first-order chi connectivity index (χ1) is 8.42. The van der Waals surface area contributed by atoms with E-state index in [1.54, 1.807) is 0 Å². The van der Waals surface area contributed by atoms with Crippen molar-refractivity contribution in [1.29, 1.82) is 0 Å². The van der Waals surface area contributed by atoms with E-state index in [4.69, 9.17) is 9.47 Å². The Labute approximate surface area is 105 Å². The average Bonchev–Trinajstić information content (AvgIpc) is 2.42. The fourth-order valence-corrected chi connectivity index (χ4v) is 3.12. The Kier molecular flexibility index (Phi) is 5.75. The van der Waals surface area contributed by atoms with Crippen molar-refractivity contribution < 1.29 is 9.47 Å². The molecule has 0 radical (unpaired) electrons. The standard InChI is InChI=1S/C14H27NO2/c1-2-8-15-14(12-6-4-3-5-7-12)13-11-16-9-10-17-13/h12-15H,2-11H2,1H3. The minimum atomic E-state index is 0.276. The summed E-state index contributed by atoms with van der Waals surface area (Å²) >= 11 is 0. The summed E-state index contributed by atoms with van der Waals surface area (Å²) in [7, 11) is 0. The van der Waals surface area contributed by atoms with E-state index in [0.717, 1.165) is 32.3 Å². The van der Waals surface area contributed by atoms with Crippen LogP contribution in [-0.4, -0.2) is 38.5 Å². The highest BCUT2D eigenvalue weighted by Gasteiger charge is 2.32. The maximum Gasteiger partial charge on any atom is 0.0964 e. The minimum absolute atomic E-state index is 0.276. The zero-order valence-electron chi connectivity index (χ0n) is 11.1. The van der Waals surface area contributed by atoms with Crippen LogP contribution in [0.25, 0.3) is 0 Å². The highest BCUT2D eigenvalue weighted by Crippen LogP contribution is 2.29. The molecule has 0 aromatic carbocycles. The molecule has 2 unspecified atom stereocenters. The third kappa shape index (κ3) is 3.94. The highest BCUT2D eigenvalue weighted by molar-refractivity contribution is 4.86. The lowest BCUT2D eigenvalue weighted by Gasteiger charge is -2.38. The molecule has 1 heterocycles. The fourth-order valence-electron chi connectivity index (χ4n) is 3.12. The number of rotatable bonds is 5. The zero-order valence-corrected chi connectivity index (χ0v) is 11.1. The maximum absolute atomic E-state index is 5.90. The third-order valence-electron chi connectivity index (χ3n) is 4.03. The molecule has 1 saturated carbocycles. The molecule has 2 fully saturated rings. The maximum atomic E-state index is 5.90. The number of hydrogen-bond acceptors (Lipinski definition) is 3. The predicted molar refractivity (Wildman–Crippen MR) is 69.2 cm³/mol. The van der Waals surface area contributed by atoms with E-state index in [-0.39, 0.29) is 6.10 Å². The third-order valence-corrected chi connectivity index (χ3v) is 4.03. The van der Waals surface area contributed by atoms with Crippen molar-refractivity contribution in [3.05, 3.63) is 0 Å². The molecule has 1 N–H and O–H groups in total. The van der Waals surface area contributed by atoms with Gasteiger partial charge in [-0.2, -0.15) is 0 Å². The van der Waals surface area contributed by atoms with Crippen LogP contribution in [0.4, 0.5) is 0 Å². The molecule has 0 bridgehead atoms. The number of hydrogen-bond donors (Lipinski definition) is 1. The lowest BCUT2D eigenvalue weighted by Crippen LogP contribution is -2.51. The van der Waals surface area contributed by atoms with Crippen LogP contribution in [-0.2, 0) is 9.47 Å². The number of ether oxygens (including phenoxy) is 2. The van der Waals surface area contributed by atoms with Gasteiger partial charge in [-0.15, -0.1) is 0 Å². The highest BCUT2D eigenvalue weighted by atomic mass is 16.6. The van der Waals surface area contributed by atoms with Gasteiger partial charge >= 0.3 is 0 Å². The Morgan fingerprint density at radius 2 is 2.00 bits per heavy atom. The first-order valence-corrected chi connectivity index (χ1v) is 7.34. The Bertz CT molecular complexity index is 180. The largest absolute Gasteiger partial charge is 0.376 e. The smallest absolute Gasteiger partial charge is 0.0964 e. The Hall–Kier alpha value is -0.120. The Balaban J connectivity index is 1.90. The van der Waals surface area contributed by atoms with Gasteiger partial charge in [-0.05, 0) is 31.7 Å². The van der Waals surface area contributed by atoms with Gasteiger partial charge in [0, 0.05) is 6.04 Å². The van der Waals surface area contributed by atoms with Gasteiger partial charge in [0.25, 0.3) is 0 Å². The van der Waals surface area contributed by atoms with Crippen molar-refractivity contribution in [2.24, 2.45) is 5.92 Å². The van der Waals surface area contributed by atoms with Crippen LogP contribution in [0.3, 0.4) is 0 Å². The van der Waals surface area contributed by atoms with Crippen LogP contribution < -0.4 is 5.32 Å². The monoisotopic (exact) mass is 241 g/mol. The van der Waals surface area contributed by atoms with Crippen LogP contribution in [0.5, 0.6) is 0 Å². The summed E-state index contributed by atoms with van der Waals surface area (Å²) in [6, 6.07) is 0.510. The second-order valence-electron chi connectivity index (χ2n) is 5.36. The van der Waals surface area contributed by atoms with E-state index in [1.165, 1.54) is 38.5 Å². The fraction of sp³-hybridized carbons (Fsp3) is 1.00. The van der Waals surface area contributed by atoms with Gasteiger partial charge in [-0.25, -0.2) is 0 Å². The van der Waals surface area contributed by atoms with E-state index in [2.05, 4.69) is 12.2 Å². The molecule has 0 spiro atoms. The van der Waals surface area contributed by atoms with Crippen molar-refractivity contribution in [2.75, 3.05) is 26.4 Å². The molecule has 3 heteroatoms. The van der Waals surface area contributed by atoms with Gasteiger partial charge in [0.15, 0.2) is 0 Å². The molecule has 0 aromatic heterocycles. The summed E-state index contributed by atoms with van der Waals surface area (Å²) in [5.74, 6) is 0.794. The van der Waals surface area contributed by atoms with E-state index < -0.39 is 0 Å². The Morgan fingerprint density at radius 1 is 1.18 bits per heavy atom. The predicted octanol–water partition coefficient (Wildman–Crippen LogP) is 2.35. The first kappa shape index (κ1) is 13.3. The van der Waals surface area contributed by atoms with Crippen molar-refractivity contribution in [3.8, 4) is 0 Å². The summed E-state index contributed by atoms with van der Waals surface area (Å²) in [6.45, 7) is 5.63. The van der Waals surface area contributed by atoms with Gasteiger partial charge in [0.2, 0.25) is 0 Å². The summed E-state index contributed by atoms with van der Waals surface area (Å²) in [5.41, 5.74) is 0. The molecular weight excluding hydrogens is 214 g/mol. The van der Waals surface area contributed by atoms with E-state index >= 15 is 0 Å². The van der Waals surface area contributed by atoms with Gasteiger partial charge in [-0.3, -0.25) is 0 Å². The molecule has 2 aliphatic rings. The summed E-state index contributed by atoms with van der Waals surface area (Å²) in [6.07, 6.45) is 8.39. The molecule has 1 aliphatic heterocycles. The molecule has 2 rings (SSSR count). The normalized spacial score (nSPS) is 29.1. The molecule has 3 nitrogen and oxygen atoms in total. The number of nitrogens with one attached hydrogen (secondary N) is 1. The molecular formula is C14H27NO2. The molecule has 0 amide bonds. The second-order valence-corrected chi connectivity index (χ2v) is 5.36. The van der Waals surface area contributed by atoms with E-state index in [0.29, 0.717) is 6.04 Å². The van der Waals surface area contributed by atoms with Gasteiger partial charge in [0.05, 0.1) is 25.9 Å². The topological polar surface area (TPSA) is 30.5 Å². The lowest BCUT2D eigenvalue weighted by atomic mass is 9.81. The van der Waals surface area contributed by atoms with Crippen molar-refractivity contribution >= 4 is 0 Å². The quantitative estimate of drug-likeness (QED) is 0.801. The van der Waals surface area contributed by atoms with Crippen molar-refractivity contribution in [2.45, 2.75) is 57.6 Å².